The summed E-state index contributed by atoms with van der Waals surface area (Å²) in [7, 11) is 3.24. The van der Waals surface area contributed by atoms with Gasteiger partial charge in [0, 0.05) is 12.1 Å². The quantitative estimate of drug-likeness (QED) is 0.709. The van der Waals surface area contributed by atoms with Gasteiger partial charge in [0.2, 0.25) is 0 Å². The highest BCUT2D eigenvalue weighted by Gasteiger charge is 2.06. The molecule has 25 heavy (non-hydrogen) atoms. The molecular weight excluding hydrogens is 318 g/mol. The smallest absolute Gasteiger partial charge is 0.251 e. The fourth-order valence-corrected chi connectivity index (χ4v) is 2.50. The van der Waals surface area contributed by atoms with Crippen LogP contribution in [0.3, 0.4) is 0 Å². The van der Waals surface area contributed by atoms with Crippen LogP contribution in [0.2, 0.25) is 0 Å². The third kappa shape index (κ3) is 5.41. The summed E-state index contributed by atoms with van der Waals surface area (Å²) in [5.74, 6) is 2.14. The molecule has 0 aromatic heterocycles. The van der Waals surface area contributed by atoms with Crippen molar-refractivity contribution in [2.24, 2.45) is 0 Å². The van der Waals surface area contributed by atoms with E-state index in [2.05, 4.69) is 5.32 Å². The first-order chi connectivity index (χ1) is 12.2. The normalized spacial score (nSPS) is 10.2. The van der Waals surface area contributed by atoms with Crippen LogP contribution in [-0.2, 0) is 6.42 Å². The Morgan fingerprint density at radius 3 is 2.36 bits per heavy atom. The summed E-state index contributed by atoms with van der Waals surface area (Å²) in [6.07, 6.45) is 1.70. The van der Waals surface area contributed by atoms with Gasteiger partial charge in [0.05, 0.1) is 20.8 Å². The highest BCUT2D eigenvalue weighted by atomic mass is 16.5. The molecule has 0 spiro atoms. The lowest BCUT2D eigenvalue weighted by atomic mass is 10.1. The van der Waals surface area contributed by atoms with Crippen LogP contribution in [0, 0.1) is 0 Å². The summed E-state index contributed by atoms with van der Waals surface area (Å²) in [4.78, 5) is 12.1. The Balaban J connectivity index is 1.79. The number of methoxy groups -OCH3 is 2. The van der Waals surface area contributed by atoms with Crippen molar-refractivity contribution in [1.82, 2.24) is 5.32 Å². The van der Waals surface area contributed by atoms with Crippen LogP contribution in [0.25, 0.3) is 0 Å². The first-order valence-electron chi connectivity index (χ1n) is 8.40. The molecule has 134 valence electrons. The minimum atomic E-state index is -0.0737. The number of nitrogens with one attached hydrogen (secondary N) is 1. The third-order valence-corrected chi connectivity index (χ3v) is 3.80. The molecule has 0 aliphatic carbocycles. The molecular formula is C20H25NO4. The highest BCUT2D eigenvalue weighted by Crippen LogP contribution is 2.27. The summed E-state index contributed by atoms with van der Waals surface area (Å²) < 4.78 is 15.9. The van der Waals surface area contributed by atoms with E-state index in [1.54, 1.807) is 26.4 Å². The number of hydrogen-bond donors (Lipinski definition) is 1. The fourth-order valence-electron chi connectivity index (χ4n) is 2.50. The second-order valence-electron chi connectivity index (χ2n) is 5.51. The largest absolute Gasteiger partial charge is 0.494 e. The second kappa shape index (κ2) is 9.57. The van der Waals surface area contributed by atoms with Gasteiger partial charge in [-0.1, -0.05) is 6.07 Å². The molecule has 5 heteroatoms. The lowest BCUT2D eigenvalue weighted by Gasteiger charge is -2.10. The van der Waals surface area contributed by atoms with Crippen molar-refractivity contribution in [2.75, 3.05) is 27.4 Å². The predicted octanol–water partition coefficient (Wildman–Crippen LogP) is 3.47. The van der Waals surface area contributed by atoms with Gasteiger partial charge in [-0.2, -0.15) is 0 Å². The van der Waals surface area contributed by atoms with Crippen LogP contribution in [0.1, 0.15) is 29.3 Å². The number of benzene rings is 2. The maximum Gasteiger partial charge on any atom is 0.251 e. The van der Waals surface area contributed by atoms with E-state index >= 15 is 0 Å². The fraction of sp³-hybridized carbons (Fsp3) is 0.350. The average molecular weight is 343 g/mol. The number of hydrogen-bond acceptors (Lipinski definition) is 4. The van der Waals surface area contributed by atoms with Crippen molar-refractivity contribution in [3.63, 3.8) is 0 Å². The average Bonchev–Trinajstić information content (AvgIpc) is 2.65. The van der Waals surface area contributed by atoms with Crippen molar-refractivity contribution >= 4 is 5.91 Å². The number of carbonyl (C=O) groups excluding carboxylic acids is 1. The maximum atomic E-state index is 12.1. The van der Waals surface area contributed by atoms with E-state index in [9.17, 15) is 4.79 Å². The van der Waals surface area contributed by atoms with Gasteiger partial charge < -0.3 is 19.5 Å². The third-order valence-electron chi connectivity index (χ3n) is 3.80. The topological polar surface area (TPSA) is 56.8 Å². The van der Waals surface area contributed by atoms with Crippen LogP contribution < -0.4 is 19.5 Å². The number of amides is 1. The molecule has 0 aliphatic heterocycles. The minimum absolute atomic E-state index is 0.0737. The first kappa shape index (κ1) is 18.6. The van der Waals surface area contributed by atoms with Crippen molar-refractivity contribution in [3.8, 4) is 17.2 Å². The summed E-state index contributed by atoms with van der Waals surface area (Å²) in [6, 6.07) is 13.0. The number of ether oxygens (including phenoxy) is 3. The van der Waals surface area contributed by atoms with E-state index < -0.39 is 0 Å². The van der Waals surface area contributed by atoms with E-state index in [1.807, 2.05) is 37.3 Å². The highest BCUT2D eigenvalue weighted by molar-refractivity contribution is 5.94. The van der Waals surface area contributed by atoms with Crippen LogP contribution in [0.15, 0.2) is 42.5 Å². The van der Waals surface area contributed by atoms with Crippen LogP contribution in [0.4, 0.5) is 0 Å². The Kier molecular flexibility index (Phi) is 7.14. The van der Waals surface area contributed by atoms with Crippen LogP contribution in [-0.4, -0.2) is 33.3 Å². The van der Waals surface area contributed by atoms with Gasteiger partial charge in [0.25, 0.3) is 5.91 Å². The first-order valence-corrected chi connectivity index (χ1v) is 8.40. The predicted molar refractivity (Wildman–Crippen MR) is 97.8 cm³/mol. The molecule has 0 saturated carbocycles. The van der Waals surface area contributed by atoms with Gasteiger partial charge in [0.15, 0.2) is 11.5 Å². The molecule has 0 radical (unpaired) electrons. The Bertz CT molecular complexity index is 683. The Morgan fingerprint density at radius 1 is 1.00 bits per heavy atom. The molecule has 0 saturated heterocycles. The van der Waals surface area contributed by atoms with E-state index in [0.717, 1.165) is 35.7 Å². The lowest BCUT2D eigenvalue weighted by Crippen LogP contribution is -2.24. The summed E-state index contributed by atoms with van der Waals surface area (Å²) in [6.45, 7) is 3.15. The Labute approximate surface area is 148 Å². The molecule has 0 aliphatic rings. The van der Waals surface area contributed by atoms with Crippen LogP contribution in [0.5, 0.6) is 17.2 Å². The maximum absolute atomic E-state index is 12.1. The van der Waals surface area contributed by atoms with Crippen molar-refractivity contribution in [1.29, 1.82) is 0 Å². The SMILES string of the molecule is CCOc1ccc(C(=O)NCCCc2ccc(OC)c(OC)c2)cc1. The Morgan fingerprint density at radius 2 is 1.72 bits per heavy atom. The van der Waals surface area contributed by atoms with E-state index in [-0.39, 0.29) is 5.91 Å². The summed E-state index contributed by atoms with van der Waals surface area (Å²) >= 11 is 0. The standard InChI is InChI=1S/C20H25NO4/c1-4-25-17-10-8-16(9-11-17)20(22)21-13-5-6-15-7-12-18(23-2)19(14-15)24-3/h7-12,14H,4-6,13H2,1-3H3,(H,21,22). The summed E-state index contributed by atoms with van der Waals surface area (Å²) in [5, 5.41) is 2.94. The van der Waals surface area contributed by atoms with Crippen LogP contribution >= 0.6 is 0 Å². The molecule has 0 unspecified atom stereocenters. The number of aryl methyl sites for hydroxylation is 1. The minimum Gasteiger partial charge on any atom is -0.494 e. The molecule has 1 N–H and O–H groups in total. The lowest BCUT2D eigenvalue weighted by molar-refractivity contribution is 0.0953. The Hall–Kier alpha value is -2.69. The second-order valence-corrected chi connectivity index (χ2v) is 5.51. The molecule has 2 rings (SSSR count). The van der Waals surface area contributed by atoms with Gasteiger partial charge in [-0.15, -0.1) is 0 Å². The van der Waals surface area contributed by atoms with Crippen molar-refractivity contribution in [2.45, 2.75) is 19.8 Å². The van der Waals surface area contributed by atoms with E-state index in [1.165, 1.54) is 0 Å². The summed E-state index contributed by atoms with van der Waals surface area (Å²) in [5.41, 5.74) is 1.78. The van der Waals surface area contributed by atoms with Gasteiger partial charge in [-0.3, -0.25) is 4.79 Å². The molecule has 2 aromatic rings. The zero-order valence-corrected chi connectivity index (χ0v) is 15.0. The molecule has 2 aromatic carbocycles. The van der Waals surface area contributed by atoms with Gasteiger partial charge >= 0.3 is 0 Å². The van der Waals surface area contributed by atoms with Gasteiger partial charge in [-0.25, -0.2) is 0 Å². The molecule has 0 heterocycles. The molecule has 5 nitrogen and oxygen atoms in total. The molecule has 0 fully saturated rings. The zero-order chi connectivity index (χ0) is 18.1. The van der Waals surface area contributed by atoms with Crippen molar-refractivity contribution in [3.05, 3.63) is 53.6 Å². The number of carbonyl (C=O) groups is 1. The van der Waals surface area contributed by atoms with Gasteiger partial charge in [0.1, 0.15) is 5.75 Å². The monoisotopic (exact) mass is 343 g/mol. The number of rotatable bonds is 9. The molecule has 1 amide bonds. The molecule has 0 atom stereocenters. The zero-order valence-electron chi connectivity index (χ0n) is 15.0. The van der Waals surface area contributed by atoms with Crippen molar-refractivity contribution < 1.29 is 19.0 Å². The van der Waals surface area contributed by atoms with Gasteiger partial charge in [-0.05, 0) is 61.7 Å². The molecule has 0 bridgehead atoms. The van der Waals surface area contributed by atoms with E-state index in [0.29, 0.717) is 18.7 Å². The van der Waals surface area contributed by atoms with E-state index in [4.69, 9.17) is 14.2 Å².